The highest BCUT2D eigenvalue weighted by Gasteiger charge is 2.36. The molecule has 0 saturated carbocycles. The van der Waals surface area contributed by atoms with E-state index >= 15 is 0 Å². The van der Waals surface area contributed by atoms with Crippen LogP contribution in [0.5, 0.6) is 5.75 Å². The van der Waals surface area contributed by atoms with Gasteiger partial charge in [-0.3, -0.25) is 14.5 Å². The minimum Gasteiger partial charge on any atom is -0.425 e. The van der Waals surface area contributed by atoms with Crippen molar-refractivity contribution in [3.05, 3.63) is 65.2 Å². The van der Waals surface area contributed by atoms with E-state index in [-0.39, 0.29) is 16.9 Å². The van der Waals surface area contributed by atoms with Gasteiger partial charge in [0.25, 0.3) is 11.8 Å². The Bertz CT molecular complexity index is 815. The molecule has 2 aromatic carbocycles. The molecule has 6 nitrogen and oxygen atoms in total. The topological polar surface area (TPSA) is 87.5 Å². The van der Waals surface area contributed by atoms with Crippen LogP contribution in [0.3, 0.4) is 0 Å². The van der Waals surface area contributed by atoms with Crippen molar-refractivity contribution in [2.45, 2.75) is 0 Å². The zero-order chi connectivity index (χ0) is 16.4. The summed E-state index contributed by atoms with van der Waals surface area (Å²) in [5, 5.41) is 8.70. The second-order valence-corrected chi connectivity index (χ2v) is 4.85. The summed E-state index contributed by atoms with van der Waals surface area (Å²) in [6, 6.07) is 14.3. The molecule has 2 amide bonds. The number of carbonyl (C=O) groups is 3. The fourth-order valence-electron chi connectivity index (χ4n) is 2.27. The Balaban J connectivity index is 1.70. The summed E-state index contributed by atoms with van der Waals surface area (Å²) >= 11 is 0. The fraction of sp³-hybridized carbons (Fsp3) is 0.0588. The summed E-state index contributed by atoms with van der Waals surface area (Å²) in [5.74, 6) is -1.51. The van der Waals surface area contributed by atoms with Gasteiger partial charge in [0.1, 0.15) is 12.3 Å². The molecule has 6 heteroatoms. The van der Waals surface area contributed by atoms with Crippen LogP contribution >= 0.6 is 0 Å². The molecule has 0 aromatic heterocycles. The second kappa shape index (κ2) is 5.73. The van der Waals surface area contributed by atoms with Crippen LogP contribution < -0.4 is 4.74 Å². The van der Waals surface area contributed by atoms with Crippen molar-refractivity contribution in [3.8, 4) is 11.8 Å². The molecule has 1 heterocycles. The monoisotopic (exact) mass is 306 g/mol. The van der Waals surface area contributed by atoms with Crippen molar-refractivity contribution in [3.63, 3.8) is 0 Å². The molecule has 2 aromatic rings. The number of hydrogen-bond acceptors (Lipinski definition) is 5. The number of hydrogen-bond donors (Lipinski definition) is 0. The van der Waals surface area contributed by atoms with Crippen LogP contribution in [-0.4, -0.2) is 29.2 Å². The summed E-state index contributed by atoms with van der Waals surface area (Å²) in [4.78, 5) is 37.1. The highest BCUT2D eigenvalue weighted by Crippen LogP contribution is 2.22. The number of nitrogens with zero attached hydrogens (tertiary/aromatic N) is 2. The SMILES string of the molecule is N#Cc1ccc(OC(=O)CN2C(=O)c3ccccc3C2=O)cc1. The molecule has 0 aliphatic carbocycles. The van der Waals surface area contributed by atoms with Gasteiger partial charge in [-0.2, -0.15) is 5.26 Å². The maximum absolute atomic E-state index is 12.1. The van der Waals surface area contributed by atoms with Gasteiger partial charge in [-0.1, -0.05) is 12.1 Å². The minimum absolute atomic E-state index is 0.241. The third-order valence-corrected chi connectivity index (χ3v) is 3.38. The summed E-state index contributed by atoms with van der Waals surface area (Å²) in [6.45, 7) is -0.466. The van der Waals surface area contributed by atoms with E-state index in [4.69, 9.17) is 10.00 Å². The maximum atomic E-state index is 12.1. The van der Waals surface area contributed by atoms with Gasteiger partial charge in [0.2, 0.25) is 0 Å². The molecule has 3 rings (SSSR count). The van der Waals surface area contributed by atoms with Crippen molar-refractivity contribution in [2.24, 2.45) is 0 Å². The van der Waals surface area contributed by atoms with Crippen molar-refractivity contribution in [1.29, 1.82) is 5.26 Å². The first kappa shape index (κ1) is 14.5. The third kappa shape index (κ3) is 2.68. The Labute approximate surface area is 131 Å². The van der Waals surface area contributed by atoms with E-state index in [2.05, 4.69) is 0 Å². The first-order chi connectivity index (χ1) is 11.1. The van der Waals surface area contributed by atoms with E-state index < -0.39 is 24.3 Å². The average molecular weight is 306 g/mol. The van der Waals surface area contributed by atoms with Crippen molar-refractivity contribution in [1.82, 2.24) is 4.90 Å². The molecule has 0 saturated heterocycles. The number of esters is 1. The summed E-state index contributed by atoms with van der Waals surface area (Å²) in [6.07, 6.45) is 0. The van der Waals surface area contributed by atoms with E-state index in [1.807, 2.05) is 6.07 Å². The molecule has 0 bridgehead atoms. The Morgan fingerprint density at radius 3 is 2.09 bits per heavy atom. The average Bonchev–Trinajstić information content (AvgIpc) is 2.81. The van der Waals surface area contributed by atoms with Gasteiger partial charge >= 0.3 is 5.97 Å². The van der Waals surface area contributed by atoms with E-state index in [0.717, 1.165) is 4.90 Å². The number of fused-ring (bicyclic) bond motifs is 1. The zero-order valence-electron chi connectivity index (χ0n) is 11.9. The standard InChI is InChI=1S/C17H10N2O4/c18-9-11-5-7-12(8-6-11)23-15(20)10-19-16(21)13-3-1-2-4-14(13)17(19)22/h1-8H,10H2. The number of benzene rings is 2. The number of carbonyl (C=O) groups excluding carboxylic acids is 3. The predicted molar refractivity (Wildman–Crippen MR) is 78.6 cm³/mol. The van der Waals surface area contributed by atoms with Gasteiger partial charge in [-0.15, -0.1) is 0 Å². The lowest BCUT2D eigenvalue weighted by Crippen LogP contribution is -2.36. The van der Waals surface area contributed by atoms with Crippen molar-refractivity contribution < 1.29 is 19.1 Å². The van der Waals surface area contributed by atoms with Crippen LogP contribution in [0.15, 0.2) is 48.5 Å². The quantitative estimate of drug-likeness (QED) is 0.490. The summed E-state index contributed by atoms with van der Waals surface area (Å²) in [7, 11) is 0. The lowest BCUT2D eigenvalue weighted by atomic mass is 10.1. The van der Waals surface area contributed by atoms with E-state index in [9.17, 15) is 14.4 Å². The van der Waals surface area contributed by atoms with Crippen LogP contribution in [0.1, 0.15) is 26.3 Å². The first-order valence-electron chi connectivity index (χ1n) is 6.76. The van der Waals surface area contributed by atoms with Gasteiger partial charge in [0, 0.05) is 0 Å². The normalized spacial score (nSPS) is 12.7. The van der Waals surface area contributed by atoms with Gasteiger partial charge in [-0.25, -0.2) is 4.79 Å². The van der Waals surface area contributed by atoms with Crippen LogP contribution in [0.25, 0.3) is 0 Å². The predicted octanol–water partition coefficient (Wildman–Crippen LogP) is 1.76. The van der Waals surface area contributed by atoms with Crippen molar-refractivity contribution in [2.75, 3.05) is 6.54 Å². The molecule has 1 aliphatic heterocycles. The summed E-state index contributed by atoms with van der Waals surface area (Å²) < 4.78 is 5.08. The molecule has 0 fully saturated rings. The van der Waals surface area contributed by atoms with Crippen molar-refractivity contribution >= 4 is 17.8 Å². The molecule has 0 radical (unpaired) electrons. The molecule has 1 aliphatic rings. The smallest absolute Gasteiger partial charge is 0.331 e. The number of nitriles is 1. The molecule has 112 valence electrons. The summed E-state index contributed by atoms with van der Waals surface area (Å²) in [5.41, 5.74) is 0.998. The Morgan fingerprint density at radius 2 is 1.57 bits per heavy atom. The Kier molecular flexibility index (Phi) is 3.61. The van der Waals surface area contributed by atoms with Gasteiger partial charge < -0.3 is 4.74 Å². The molecule has 23 heavy (non-hydrogen) atoms. The molecule has 0 atom stereocenters. The van der Waals surface area contributed by atoms with Gasteiger partial charge in [0.05, 0.1) is 22.8 Å². The minimum atomic E-state index is -0.732. The third-order valence-electron chi connectivity index (χ3n) is 3.38. The van der Waals surface area contributed by atoms with Gasteiger partial charge in [-0.05, 0) is 36.4 Å². The Hall–Kier alpha value is -3.46. The van der Waals surface area contributed by atoms with Crippen LogP contribution in [-0.2, 0) is 4.79 Å². The molecular weight excluding hydrogens is 296 g/mol. The highest BCUT2D eigenvalue weighted by atomic mass is 16.5. The lowest BCUT2D eigenvalue weighted by molar-refractivity contribution is -0.134. The molecular formula is C17H10N2O4. The molecule has 0 unspecified atom stereocenters. The van der Waals surface area contributed by atoms with Gasteiger partial charge in [0.15, 0.2) is 0 Å². The Morgan fingerprint density at radius 1 is 1.00 bits per heavy atom. The van der Waals surface area contributed by atoms with E-state index in [0.29, 0.717) is 5.56 Å². The van der Waals surface area contributed by atoms with Crippen LogP contribution in [0.2, 0.25) is 0 Å². The first-order valence-corrected chi connectivity index (χ1v) is 6.76. The lowest BCUT2D eigenvalue weighted by Gasteiger charge is -2.12. The number of imide groups is 1. The highest BCUT2D eigenvalue weighted by molar-refractivity contribution is 6.22. The van der Waals surface area contributed by atoms with E-state index in [1.165, 1.54) is 24.3 Å². The number of amides is 2. The van der Waals surface area contributed by atoms with Crippen LogP contribution in [0, 0.1) is 11.3 Å². The fourth-order valence-corrected chi connectivity index (χ4v) is 2.27. The molecule has 0 N–H and O–H groups in total. The largest absolute Gasteiger partial charge is 0.425 e. The second-order valence-electron chi connectivity index (χ2n) is 4.85. The maximum Gasteiger partial charge on any atom is 0.331 e. The zero-order valence-corrected chi connectivity index (χ0v) is 11.9. The molecule has 0 spiro atoms. The number of ether oxygens (including phenoxy) is 1. The number of rotatable bonds is 3. The van der Waals surface area contributed by atoms with Crippen LogP contribution in [0.4, 0.5) is 0 Å². The van der Waals surface area contributed by atoms with E-state index in [1.54, 1.807) is 24.3 Å².